The number of carboxylic acid groups (broad SMARTS) is 1. The van der Waals surface area contributed by atoms with E-state index in [-0.39, 0.29) is 9.92 Å². The second kappa shape index (κ2) is 4.67. The van der Waals surface area contributed by atoms with Crippen LogP contribution in [0.3, 0.4) is 0 Å². The average Bonchev–Trinajstić information content (AvgIpc) is 2.14. The largest absolute Gasteiger partial charge is 0.478 e. The predicted octanol–water partition coefficient (Wildman–Crippen LogP) is 1.84. The van der Waals surface area contributed by atoms with Crippen LogP contribution in [-0.4, -0.2) is 25.7 Å². The number of carboxylic acids is 1. The van der Waals surface area contributed by atoms with Crippen molar-refractivity contribution in [3.8, 4) is 0 Å². The lowest BCUT2D eigenvalue weighted by atomic mass is 10.2. The molecule has 0 aliphatic rings. The van der Waals surface area contributed by atoms with Gasteiger partial charge in [0, 0.05) is 17.4 Å². The third-order valence-corrected chi connectivity index (χ3v) is 3.17. The molecule has 0 aliphatic heterocycles. The molecule has 0 fully saturated rings. The lowest BCUT2D eigenvalue weighted by Gasteiger charge is -2.03. The van der Waals surface area contributed by atoms with Gasteiger partial charge in [-0.1, -0.05) is 17.7 Å². The van der Waals surface area contributed by atoms with Gasteiger partial charge in [0.25, 0.3) is 0 Å². The maximum absolute atomic E-state index is 11.4. The average molecular weight is 261 g/mol. The number of rotatable bonds is 3. The summed E-state index contributed by atoms with van der Waals surface area (Å²) in [4.78, 5) is 10.3. The number of hydrogen-bond acceptors (Lipinski definition) is 3. The fourth-order valence-corrected chi connectivity index (χ4v) is 2.27. The SMILES string of the molecule is CS(=O)(=O)c1cc(Cl)ccc1/C=C\C(=O)O. The quantitative estimate of drug-likeness (QED) is 0.842. The molecule has 0 saturated heterocycles. The van der Waals surface area contributed by atoms with Crippen LogP contribution in [0, 0.1) is 0 Å². The van der Waals surface area contributed by atoms with Gasteiger partial charge in [0.15, 0.2) is 9.84 Å². The molecule has 4 nitrogen and oxygen atoms in total. The molecule has 86 valence electrons. The first-order valence-electron chi connectivity index (χ1n) is 4.21. The Kier molecular flexibility index (Phi) is 3.72. The van der Waals surface area contributed by atoms with Crippen LogP contribution in [0.25, 0.3) is 6.08 Å². The van der Waals surface area contributed by atoms with Crippen LogP contribution in [0.5, 0.6) is 0 Å². The molecule has 0 aliphatic carbocycles. The minimum absolute atomic E-state index is 0.0116. The first-order valence-corrected chi connectivity index (χ1v) is 6.48. The minimum atomic E-state index is -3.43. The van der Waals surface area contributed by atoms with E-state index in [0.717, 1.165) is 12.3 Å². The molecule has 0 heterocycles. The summed E-state index contributed by atoms with van der Waals surface area (Å²) in [7, 11) is -3.43. The molecule has 0 aromatic heterocycles. The molecule has 0 unspecified atom stereocenters. The molecule has 0 atom stereocenters. The van der Waals surface area contributed by atoms with E-state index in [2.05, 4.69) is 0 Å². The van der Waals surface area contributed by atoms with Gasteiger partial charge in [-0.3, -0.25) is 0 Å². The Hall–Kier alpha value is -1.33. The Morgan fingerprint density at radius 1 is 1.44 bits per heavy atom. The fraction of sp³-hybridized carbons (Fsp3) is 0.100. The van der Waals surface area contributed by atoms with E-state index in [1.807, 2.05) is 0 Å². The normalized spacial score (nSPS) is 11.9. The molecule has 1 rings (SSSR count). The van der Waals surface area contributed by atoms with Crippen molar-refractivity contribution in [1.82, 2.24) is 0 Å². The highest BCUT2D eigenvalue weighted by Gasteiger charge is 2.12. The van der Waals surface area contributed by atoms with Crippen LogP contribution in [0.1, 0.15) is 5.56 Å². The molecule has 0 radical (unpaired) electrons. The van der Waals surface area contributed by atoms with Crippen LogP contribution in [-0.2, 0) is 14.6 Å². The first-order chi connectivity index (χ1) is 7.30. The smallest absolute Gasteiger partial charge is 0.328 e. The second-order valence-corrected chi connectivity index (χ2v) is 5.55. The van der Waals surface area contributed by atoms with E-state index in [4.69, 9.17) is 16.7 Å². The van der Waals surface area contributed by atoms with E-state index < -0.39 is 15.8 Å². The molecule has 1 aromatic rings. The highest BCUT2D eigenvalue weighted by atomic mass is 35.5. The highest BCUT2D eigenvalue weighted by molar-refractivity contribution is 7.90. The zero-order valence-corrected chi connectivity index (χ0v) is 9.92. The van der Waals surface area contributed by atoms with Crippen LogP contribution in [0.15, 0.2) is 29.2 Å². The van der Waals surface area contributed by atoms with Gasteiger partial charge in [-0.05, 0) is 23.8 Å². The molecular weight excluding hydrogens is 252 g/mol. The van der Waals surface area contributed by atoms with Gasteiger partial charge in [-0.15, -0.1) is 0 Å². The van der Waals surface area contributed by atoms with Crippen LogP contribution in [0.4, 0.5) is 0 Å². The Morgan fingerprint density at radius 2 is 2.06 bits per heavy atom. The monoisotopic (exact) mass is 260 g/mol. The number of carbonyl (C=O) groups is 1. The second-order valence-electron chi connectivity index (χ2n) is 3.13. The molecule has 16 heavy (non-hydrogen) atoms. The van der Waals surface area contributed by atoms with Crippen LogP contribution >= 0.6 is 11.6 Å². The molecule has 1 N–H and O–H groups in total. The molecule has 0 amide bonds. The number of halogens is 1. The summed E-state index contributed by atoms with van der Waals surface area (Å²) in [5, 5.41) is 8.75. The summed E-state index contributed by atoms with van der Waals surface area (Å²) in [5.41, 5.74) is 0.300. The van der Waals surface area contributed by atoms with E-state index >= 15 is 0 Å². The Labute approximate surface area is 98.1 Å². The van der Waals surface area contributed by atoms with E-state index in [9.17, 15) is 13.2 Å². The van der Waals surface area contributed by atoms with Gasteiger partial charge >= 0.3 is 5.97 Å². The topological polar surface area (TPSA) is 71.4 Å². The number of aliphatic carboxylic acids is 1. The zero-order chi connectivity index (χ0) is 12.3. The summed E-state index contributed by atoms with van der Waals surface area (Å²) in [6.45, 7) is 0. The lowest BCUT2D eigenvalue weighted by molar-refractivity contribution is -0.131. The van der Waals surface area contributed by atoms with Gasteiger partial charge in [0.05, 0.1) is 4.90 Å². The van der Waals surface area contributed by atoms with Crippen molar-refractivity contribution in [1.29, 1.82) is 0 Å². The molecule has 1 aromatic carbocycles. The van der Waals surface area contributed by atoms with E-state index in [1.54, 1.807) is 0 Å². The zero-order valence-electron chi connectivity index (χ0n) is 8.34. The fourth-order valence-electron chi connectivity index (χ4n) is 1.13. The van der Waals surface area contributed by atoms with Crippen molar-refractivity contribution < 1.29 is 18.3 Å². The number of hydrogen-bond donors (Lipinski definition) is 1. The third-order valence-electron chi connectivity index (χ3n) is 1.78. The molecule has 0 saturated carbocycles. The third kappa shape index (κ3) is 3.36. The predicted molar refractivity (Wildman–Crippen MR) is 61.2 cm³/mol. The Bertz CT molecular complexity index is 546. The highest BCUT2D eigenvalue weighted by Crippen LogP contribution is 2.21. The van der Waals surface area contributed by atoms with Crippen LogP contribution in [0.2, 0.25) is 5.02 Å². The summed E-state index contributed by atoms with van der Waals surface area (Å²) in [5.74, 6) is -1.14. The van der Waals surface area contributed by atoms with Crippen molar-refractivity contribution in [3.63, 3.8) is 0 Å². The summed E-state index contributed by atoms with van der Waals surface area (Å²) in [6.07, 6.45) is 3.13. The van der Waals surface area contributed by atoms with Gasteiger partial charge in [-0.2, -0.15) is 0 Å². The summed E-state index contributed by atoms with van der Waals surface area (Å²) >= 11 is 5.68. The van der Waals surface area contributed by atoms with Gasteiger partial charge in [-0.25, -0.2) is 13.2 Å². The van der Waals surface area contributed by atoms with Crippen LogP contribution < -0.4 is 0 Å². The molecule has 6 heteroatoms. The number of benzene rings is 1. The molecular formula is C10H9ClO4S. The summed E-state index contributed by atoms with van der Waals surface area (Å²) in [6, 6.07) is 4.24. The van der Waals surface area contributed by atoms with Gasteiger partial charge in [0.2, 0.25) is 0 Å². The Balaban J connectivity index is 3.35. The van der Waals surface area contributed by atoms with Gasteiger partial charge < -0.3 is 5.11 Å². The molecule has 0 bridgehead atoms. The van der Waals surface area contributed by atoms with E-state index in [1.165, 1.54) is 24.3 Å². The maximum atomic E-state index is 11.4. The first kappa shape index (κ1) is 12.7. The van der Waals surface area contributed by atoms with Crippen molar-refractivity contribution in [2.75, 3.05) is 6.26 Å². The van der Waals surface area contributed by atoms with Crippen molar-refractivity contribution >= 4 is 33.5 Å². The van der Waals surface area contributed by atoms with Crippen molar-refractivity contribution in [2.45, 2.75) is 4.90 Å². The minimum Gasteiger partial charge on any atom is -0.478 e. The molecule has 0 spiro atoms. The standard InChI is InChI=1S/C10H9ClO4S/c1-16(14,15)9-6-8(11)4-2-7(9)3-5-10(12)13/h2-6H,1H3,(H,12,13)/b5-3-. The van der Waals surface area contributed by atoms with Gasteiger partial charge in [0.1, 0.15) is 0 Å². The number of sulfone groups is 1. The Morgan fingerprint density at radius 3 is 2.56 bits per heavy atom. The van der Waals surface area contributed by atoms with Crippen molar-refractivity contribution in [2.24, 2.45) is 0 Å². The lowest BCUT2D eigenvalue weighted by Crippen LogP contribution is -2.00. The van der Waals surface area contributed by atoms with E-state index in [0.29, 0.717) is 5.56 Å². The maximum Gasteiger partial charge on any atom is 0.328 e. The van der Waals surface area contributed by atoms with Crippen molar-refractivity contribution in [3.05, 3.63) is 34.9 Å². The summed E-state index contributed by atoms with van der Waals surface area (Å²) < 4.78 is 22.8.